The number of phenols is 1. The number of Topliss-reactive ketones (excluding diaryl/α,β-unsaturated/α-hetero) is 5. The zero-order valence-electron chi connectivity index (χ0n) is 23.5. The fraction of sp³-hybridized carbons (Fsp3) is 0.645. The van der Waals surface area contributed by atoms with Gasteiger partial charge >= 0.3 is 0 Å². The molecule has 206 valence electrons. The van der Waals surface area contributed by atoms with Crippen LogP contribution in [0.25, 0.3) is 0 Å². The second-order valence-corrected chi connectivity index (χ2v) is 13.0. The first-order valence-corrected chi connectivity index (χ1v) is 13.8. The predicted octanol–water partition coefficient (Wildman–Crippen LogP) is 4.07. The van der Waals surface area contributed by atoms with Crippen molar-refractivity contribution < 1.29 is 34.2 Å². The Hall–Kier alpha value is -2.67. The minimum Gasteiger partial charge on any atom is -0.507 e. The van der Waals surface area contributed by atoms with E-state index in [4.69, 9.17) is 0 Å². The maximum atomic E-state index is 14.3. The van der Waals surface area contributed by atoms with Crippen LogP contribution in [-0.4, -0.2) is 44.7 Å². The van der Waals surface area contributed by atoms with Gasteiger partial charge in [-0.15, -0.1) is 0 Å². The van der Waals surface area contributed by atoms with Crippen molar-refractivity contribution in [2.45, 2.75) is 86.2 Å². The molecule has 1 aromatic carbocycles. The quantitative estimate of drug-likeness (QED) is 0.537. The van der Waals surface area contributed by atoms with E-state index in [1.807, 2.05) is 13.0 Å². The molecule has 2 saturated carbocycles. The Morgan fingerprint density at radius 1 is 1.08 bits per heavy atom. The van der Waals surface area contributed by atoms with Crippen molar-refractivity contribution in [3.05, 3.63) is 28.8 Å². The number of aliphatic hydroxyl groups is 1. The van der Waals surface area contributed by atoms with Gasteiger partial charge in [0, 0.05) is 11.3 Å². The lowest BCUT2D eigenvalue weighted by molar-refractivity contribution is -0.205. The normalized spacial score (nSPS) is 35.6. The van der Waals surface area contributed by atoms with Gasteiger partial charge in [0.05, 0.1) is 11.5 Å². The molecule has 0 aliphatic heterocycles. The van der Waals surface area contributed by atoms with Gasteiger partial charge in [-0.1, -0.05) is 54.0 Å². The van der Waals surface area contributed by atoms with Gasteiger partial charge in [0.1, 0.15) is 17.5 Å². The van der Waals surface area contributed by atoms with E-state index in [1.165, 1.54) is 6.07 Å². The van der Waals surface area contributed by atoms with Crippen molar-refractivity contribution >= 4 is 28.9 Å². The fourth-order valence-corrected chi connectivity index (χ4v) is 8.04. The second-order valence-electron chi connectivity index (χ2n) is 13.0. The van der Waals surface area contributed by atoms with Gasteiger partial charge in [-0.2, -0.15) is 0 Å². The van der Waals surface area contributed by atoms with Gasteiger partial charge in [-0.3, -0.25) is 24.0 Å². The zero-order valence-corrected chi connectivity index (χ0v) is 23.5. The molecule has 7 heteroatoms. The highest BCUT2D eigenvalue weighted by atomic mass is 16.3. The molecule has 2 N–H and O–H groups in total. The van der Waals surface area contributed by atoms with Crippen LogP contribution < -0.4 is 0 Å². The van der Waals surface area contributed by atoms with Gasteiger partial charge in [0.2, 0.25) is 0 Å². The molecule has 3 aliphatic rings. The number of phenolic OH excluding ortho intramolecular Hbond substituents is 1. The molecule has 0 spiro atoms. The number of aromatic hydroxyl groups is 1. The molecule has 0 bridgehead atoms. The Morgan fingerprint density at radius 2 is 1.71 bits per heavy atom. The molecular formula is C31H40O7. The van der Waals surface area contributed by atoms with Crippen LogP contribution in [0.1, 0.15) is 89.2 Å². The van der Waals surface area contributed by atoms with Gasteiger partial charge in [0.25, 0.3) is 0 Å². The summed E-state index contributed by atoms with van der Waals surface area (Å²) in [6.45, 7) is 12.4. The lowest BCUT2D eigenvalue weighted by Gasteiger charge is -2.61. The number of hydrogen-bond acceptors (Lipinski definition) is 7. The number of fused-ring (bicyclic) bond motifs is 3. The summed E-state index contributed by atoms with van der Waals surface area (Å²) in [5.41, 5.74) is -3.41. The molecule has 3 aliphatic carbocycles. The standard InChI is InChI=1S/C31H40O7/c1-8-16(4)9-10-18-11-12-20(33)22-19(18)13-29(6)14-30(7)23(15(2)3)25(34)21(17(5)32)27(36)31(30,38)28(37)24(29)26(22)35/h11-12,15-16,21,23-24,33,38H,8-10,13-14H2,1-7H3/t16?,21?,23?,24?,29-,30-,31+/m1/s1. The highest BCUT2D eigenvalue weighted by Crippen LogP contribution is 2.63. The molecule has 0 amide bonds. The highest BCUT2D eigenvalue weighted by molar-refractivity contribution is 6.32. The van der Waals surface area contributed by atoms with Crippen molar-refractivity contribution in [3.8, 4) is 5.75 Å². The monoisotopic (exact) mass is 524 g/mol. The number of aryl methyl sites for hydroxylation is 1. The van der Waals surface area contributed by atoms with Crippen molar-refractivity contribution in [2.75, 3.05) is 0 Å². The molecule has 0 saturated heterocycles. The maximum absolute atomic E-state index is 14.3. The predicted molar refractivity (Wildman–Crippen MR) is 141 cm³/mol. The maximum Gasteiger partial charge on any atom is 0.190 e. The number of carbonyl (C=O) groups excluding carboxylic acids is 5. The van der Waals surface area contributed by atoms with E-state index in [-0.39, 0.29) is 23.7 Å². The third-order valence-electron chi connectivity index (χ3n) is 9.96. The van der Waals surface area contributed by atoms with Crippen LogP contribution in [0.3, 0.4) is 0 Å². The Kier molecular flexibility index (Phi) is 6.87. The summed E-state index contributed by atoms with van der Waals surface area (Å²) in [6, 6.07) is 3.31. The van der Waals surface area contributed by atoms with Crippen LogP contribution in [0.4, 0.5) is 0 Å². The summed E-state index contributed by atoms with van der Waals surface area (Å²) < 4.78 is 0. The number of rotatable bonds is 6. The summed E-state index contributed by atoms with van der Waals surface area (Å²) in [6.07, 6.45) is 3.01. The van der Waals surface area contributed by atoms with E-state index >= 15 is 0 Å². The lowest BCUT2D eigenvalue weighted by atomic mass is 9.40. The Labute approximate surface area is 224 Å². The largest absolute Gasteiger partial charge is 0.507 e. The third-order valence-corrected chi connectivity index (χ3v) is 9.96. The minimum absolute atomic E-state index is 0.0729. The van der Waals surface area contributed by atoms with Crippen LogP contribution in [-0.2, 0) is 32.0 Å². The van der Waals surface area contributed by atoms with Crippen LogP contribution >= 0.6 is 0 Å². The average Bonchev–Trinajstić information content (AvgIpc) is 2.80. The molecule has 7 atom stereocenters. The molecule has 7 nitrogen and oxygen atoms in total. The Bertz CT molecular complexity index is 1240. The fourth-order valence-electron chi connectivity index (χ4n) is 8.04. The highest BCUT2D eigenvalue weighted by Gasteiger charge is 2.76. The molecule has 4 rings (SSSR count). The topological polar surface area (TPSA) is 126 Å². The Morgan fingerprint density at radius 3 is 2.26 bits per heavy atom. The van der Waals surface area contributed by atoms with E-state index in [0.29, 0.717) is 24.3 Å². The van der Waals surface area contributed by atoms with Gasteiger partial charge < -0.3 is 10.2 Å². The van der Waals surface area contributed by atoms with Crippen LogP contribution in [0.15, 0.2) is 12.1 Å². The van der Waals surface area contributed by atoms with Crippen LogP contribution in [0, 0.1) is 40.4 Å². The minimum atomic E-state index is -2.66. The Balaban J connectivity index is 1.91. The van der Waals surface area contributed by atoms with Crippen molar-refractivity contribution in [1.82, 2.24) is 0 Å². The summed E-state index contributed by atoms with van der Waals surface area (Å²) in [5, 5.41) is 22.8. The van der Waals surface area contributed by atoms with Gasteiger partial charge in [-0.25, -0.2) is 0 Å². The average molecular weight is 525 g/mol. The van der Waals surface area contributed by atoms with E-state index < -0.39 is 63.1 Å². The molecule has 2 fully saturated rings. The summed E-state index contributed by atoms with van der Waals surface area (Å²) >= 11 is 0. The smallest absolute Gasteiger partial charge is 0.190 e. The number of hydrogen-bond donors (Lipinski definition) is 2. The number of benzene rings is 1. The number of ketones is 5. The second kappa shape index (κ2) is 9.22. The van der Waals surface area contributed by atoms with E-state index in [9.17, 15) is 34.2 Å². The molecule has 4 unspecified atom stereocenters. The molecule has 1 aromatic rings. The first kappa shape index (κ1) is 28.3. The summed E-state index contributed by atoms with van der Waals surface area (Å²) in [7, 11) is 0. The van der Waals surface area contributed by atoms with Crippen LogP contribution in [0.5, 0.6) is 5.75 Å². The molecular weight excluding hydrogens is 484 g/mol. The third kappa shape index (κ3) is 3.68. The van der Waals surface area contributed by atoms with Crippen molar-refractivity contribution in [1.29, 1.82) is 0 Å². The van der Waals surface area contributed by atoms with Gasteiger partial charge in [0.15, 0.2) is 28.7 Å². The van der Waals surface area contributed by atoms with E-state index in [0.717, 1.165) is 25.3 Å². The summed E-state index contributed by atoms with van der Waals surface area (Å²) in [5.74, 6) is -8.10. The van der Waals surface area contributed by atoms with E-state index in [1.54, 1.807) is 20.8 Å². The molecule has 0 aromatic heterocycles. The van der Waals surface area contributed by atoms with Crippen molar-refractivity contribution in [2.24, 2.45) is 40.4 Å². The van der Waals surface area contributed by atoms with Crippen LogP contribution in [0.2, 0.25) is 0 Å². The number of carbonyl (C=O) groups is 5. The first-order chi connectivity index (χ1) is 17.6. The summed E-state index contributed by atoms with van der Waals surface area (Å²) in [4.78, 5) is 68.0. The van der Waals surface area contributed by atoms with Crippen molar-refractivity contribution in [3.63, 3.8) is 0 Å². The lowest BCUT2D eigenvalue weighted by Crippen LogP contribution is -2.76. The van der Waals surface area contributed by atoms with E-state index in [2.05, 4.69) is 13.8 Å². The zero-order chi connectivity index (χ0) is 28.5. The molecule has 0 heterocycles. The first-order valence-electron chi connectivity index (χ1n) is 13.8. The SMILES string of the molecule is CCC(C)CCc1ccc(O)c2c1C[C@]1(C)C[C@]3(C)C(C(C)C)C(=O)C(C(C)=O)C(=O)[C@]3(O)C(=O)C1C2=O. The van der Waals surface area contributed by atoms with Gasteiger partial charge in [-0.05, 0) is 67.1 Å². The molecule has 38 heavy (non-hydrogen) atoms. The molecule has 0 radical (unpaired) electrons.